The van der Waals surface area contributed by atoms with Crippen LogP contribution in [-0.2, 0) is 6.54 Å². The van der Waals surface area contributed by atoms with Crippen LogP contribution in [0.4, 0.5) is 5.69 Å². The van der Waals surface area contributed by atoms with Crippen molar-refractivity contribution in [3.05, 3.63) is 46.2 Å². The molecule has 1 aromatic heterocycles. The van der Waals surface area contributed by atoms with Crippen molar-refractivity contribution in [3.63, 3.8) is 0 Å². The lowest BCUT2D eigenvalue weighted by atomic mass is 10.2. The van der Waals surface area contributed by atoms with Crippen molar-refractivity contribution in [2.75, 3.05) is 5.32 Å². The SMILES string of the molecule is Cc1ccc(NCc2ccn(C(C)C)n2)c(Br)c1. The summed E-state index contributed by atoms with van der Waals surface area (Å²) in [5, 5.41) is 7.90. The number of hydrogen-bond acceptors (Lipinski definition) is 2. The van der Waals surface area contributed by atoms with Gasteiger partial charge in [0.15, 0.2) is 0 Å². The van der Waals surface area contributed by atoms with Crippen LogP contribution >= 0.6 is 15.9 Å². The maximum absolute atomic E-state index is 4.51. The summed E-state index contributed by atoms with van der Waals surface area (Å²) in [4.78, 5) is 0. The van der Waals surface area contributed by atoms with Crippen molar-refractivity contribution >= 4 is 21.6 Å². The molecule has 0 bridgehead atoms. The molecule has 0 atom stereocenters. The molecule has 0 amide bonds. The summed E-state index contributed by atoms with van der Waals surface area (Å²) in [6, 6.07) is 8.74. The van der Waals surface area contributed by atoms with Crippen LogP contribution in [-0.4, -0.2) is 9.78 Å². The van der Waals surface area contributed by atoms with Crippen LogP contribution < -0.4 is 5.32 Å². The quantitative estimate of drug-likeness (QED) is 0.919. The van der Waals surface area contributed by atoms with E-state index in [9.17, 15) is 0 Å². The third kappa shape index (κ3) is 3.13. The maximum atomic E-state index is 4.51. The van der Waals surface area contributed by atoms with E-state index in [1.54, 1.807) is 0 Å². The highest BCUT2D eigenvalue weighted by atomic mass is 79.9. The standard InChI is InChI=1S/C14H18BrN3/c1-10(2)18-7-6-12(17-18)9-16-14-5-4-11(3)8-13(14)15/h4-8,10,16H,9H2,1-3H3. The molecule has 0 aliphatic rings. The van der Waals surface area contributed by atoms with E-state index in [1.807, 2.05) is 10.9 Å². The molecule has 0 aliphatic heterocycles. The molecule has 2 rings (SSSR count). The van der Waals surface area contributed by atoms with E-state index >= 15 is 0 Å². The number of nitrogens with zero attached hydrogens (tertiary/aromatic N) is 2. The zero-order chi connectivity index (χ0) is 13.1. The highest BCUT2D eigenvalue weighted by Gasteiger charge is 2.03. The van der Waals surface area contributed by atoms with Gasteiger partial charge in [0, 0.05) is 22.4 Å². The number of halogens is 1. The first-order chi connectivity index (χ1) is 8.56. The van der Waals surface area contributed by atoms with Crippen LogP contribution in [0.1, 0.15) is 31.1 Å². The predicted octanol–water partition coefficient (Wildman–Crippen LogP) is 4.15. The molecule has 18 heavy (non-hydrogen) atoms. The largest absolute Gasteiger partial charge is 0.378 e. The summed E-state index contributed by atoms with van der Waals surface area (Å²) in [5.74, 6) is 0. The molecule has 1 aromatic carbocycles. The number of hydrogen-bond donors (Lipinski definition) is 1. The fraction of sp³-hybridized carbons (Fsp3) is 0.357. The van der Waals surface area contributed by atoms with Gasteiger partial charge in [-0.1, -0.05) is 6.07 Å². The molecule has 0 radical (unpaired) electrons. The Morgan fingerprint density at radius 2 is 2.11 bits per heavy atom. The zero-order valence-corrected chi connectivity index (χ0v) is 12.5. The summed E-state index contributed by atoms with van der Waals surface area (Å²) >= 11 is 3.56. The maximum Gasteiger partial charge on any atom is 0.0815 e. The van der Waals surface area contributed by atoms with E-state index in [-0.39, 0.29) is 0 Å². The first-order valence-electron chi connectivity index (χ1n) is 6.10. The molecular formula is C14H18BrN3. The number of benzene rings is 1. The lowest BCUT2D eigenvalue weighted by molar-refractivity contribution is 0.527. The smallest absolute Gasteiger partial charge is 0.0815 e. The number of anilines is 1. The molecule has 0 saturated carbocycles. The second-order valence-corrected chi connectivity index (χ2v) is 5.57. The third-order valence-electron chi connectivity index (χ3n) is 2.78. The predicted molar refractivity (Wildman–Crippen MR) is 78.8 cm³/mol. The van der Waals surface area contributed by atoms with Crippen molar-refractivity contribution in [2.45, 2.75) is 33.4 Å². The van der Waals surface area contributed by atoms with Crippen molar-refractivity contribution < 1.29 is 0 Å². The molecule has 1 heterocycles. The molecular weight excluding hydrogens is 290 g/mol. The summed E-state index contributed by atoms with van der Waals surface area (Å²) in [6.07, 6.45) is 2.02. The monoisotopic (exact) mass is 307 g/mol. The van der Waals surface area contributed by atoms with Crippen molar-refractivity contribution in [2.24, 2.45) is 0 Å². The Bertz CT molecular complexity index is 532. The van der Waals surface area contributed by atoms with Gasteiger partial charge in [0.05, 0.1) is 12.2 Å². The number of aryl methyl sites for hydroxylation is 1. The Morgan fingerprint density at radius 3 is 2.72 bits per heavy atom. The minimum absolute atomic E-state index is 0.407. The number of nitrogens with one attached hydrogen (secondary N) is 1. The highest BCUT2D eigenvalue weighted by Crippen LogP contribution is 2.23. The van der Waals surface area contributed by atoms with Crippen LogP contribution in [0.3, 0.4) is 0 Å². The topological polar surface area (TPSA) is 29.9 Å². The Hall–Kier alpha value is -1.29. The van der Waals surface area contributed by atoms with Gasteiger partial charge in [0.25, 0.3) is 0 Å². The van der Waals surface area contributed by atoms with Crippen molar-refractivity contribution in [1.29, 1.82) is 0 Å². The normalized spacial score (nSPS) is 10.9. The van der Waals surface area contributed by atoms with Crippen LogP contribution in [0.5, 0.6) is 0 Å². The van der Waals surface area contributed by atoms with E-state index in [2.05, 4.69) is 71.4 Å². The Balaban J connectivity index is 2.02. The molecule has 0 fully saturated rings. The fourth-order valence-corrected chi connectivity index (χ4v) is 2.34. The van der Waals surface area contributed by atoms with Crippen LogP contribution in [0.2, 0.25) is 0 Å². The van der Waals surface area contributed by atoms with Crippen molar-refractivity contribution in [1.82, 2.24) is 9.78 Å². The Morgan fingerprint density at radius 1 is 1.33 bits per heavy atom. The van der Waals surface area contributed by atoms with Crippen LogP contribution in [0.25, 0.3) is 0 Å². The molecule has 1 N–H and O–H groups in total. The Labute approximate surface area is 116 Å². The van der Waals surface area contributed by atoms with Crippen LogP contribution in [0.15, 0.2) is 34.9 Å². The number of aromatic nitrogens is 2. The van der Waals surface area contributed by atoms with Gasteiger partial charge in [-0.25, -0.2) is 0 Å². The minimum Gasteiger partial charge on any atom is -0.378 e. The highest BCUT2D eigenvalue weighted by molar-refractivity contribution is 9.10. The van der Waals surface area contributed by atoms with Gasteiger partial charge >= 0.3 is 0 Å². The van der Waals surface area contributed by atoms with E-state index in [1.165, 1.54) is 5.56 Å². The van der Waals surface area contributed by atoms with E-state index in [0.717, 1.165) is 22.4 Å². The van der Waals surface area contributed by atoms with Gasteiger partial charge in [-0.05, 0) is 60.5 Å². The van der Waals surface area contributed by atoms with Gasteiger partial charge in [0.2, 0.25) is 0 Å². The molecule has 4 heteroatoms. The first kappa shape index (κ1) is 13.1. The molecule has 2 aromatic rings. The van der Waals surface area contributed by atoms with E-state index in [0.29, 0.717) is 6.04 Å². The average Bonchev–Trinajstić information content (AvgIpc) is 2.76. The van der Waals surface area contributed by atoms with Gasteiger partial charge in [-0.2, -0.15) is 5.10 Å². The second-order valence-electron chi connectivity index (χ2n) is 4.72. The van der Waals surface area contributed by atoms with E-state index in [4.69, 9.17) is 0 Å². The van der Waals surface area contributed by atoms with Gasteiger partial charge in [-0.3, -0.25) is 4.68 Å². The molecule has 0 spiro atoms. The minimum atomic E-state index is 0.407. The summed E-state index contributed by atoms with van der Waals surface area (Å²) in [7, 11) is 0. The van der Waals surface area contributed by atoms with E-state index < -0.39 is 0 Å². The van der Waals surface area contributed by atoms with Gasteiger partial charge < -0.3 is 5.32 Å². The molecule has 0 saturated heterocycles. The Kier molecular flexibility index (Phi) is 4.07. The molecule has 96 valence electrons. The summed E-state index contributed by atoms with van der Waals surface area (Å²) in [5.41, 5.74) is 3.40. The zero-order valence-electron chi connectivity index (χ0n) is 10.9. The average molecular weight is 308 g/mol. The van der Waals surface area contributed by atoms with Crippen LogP contribution in [0, 0.1) is 6.92 Å². The summed E-state index contributed by atoms with van der Waals surface area (Å²) in [6.45, 7) is 7.07. The van der Waals surface area contributed by atoms with Gasteiger partial charge in [-0.15, -0.1) is 0 Å². The van der Waals surface area contributed by atoms with Gasteiger partial charge in [0.1, 0.15) is 0 Å². The number of rotatable bonds is 4. The molecule has 0 unspecified atom stereocenters. The fourth-order valence-electron chi connectivity index (χ4n) is 1.71. The lowest BCUT2D eigenvalue weighted by Crippen LogP contribution is -2.05. The third-order valence-corrected chi connectivity index (χ3v) is 3.43. The second kappa shape index (κ2) is 5.57. The lowest BCUT2D eigenvalue weighted by Gasteiger charge is -2.08. The first-order valence-corrected chi connectivity index (χ1v) is 6.89. The summed E-state index contributed by atoms with van der Waals surface area (Å²) < 4.78 is 3.06. The molecule has 3 nitrogen and oxygen atoms in total. The van der Waals surface area contributed by atoms with Crippen molar-refractivity contribution in [3.8, 4) is 0 Å². The molecule has 0 aliphatic carbocycles.